The fourth-order valence-corrected chi connectivity index (χ4v) is 17.7. The number of halogens is 4. The van der Waals surface area contributed by atoms with Crippen molar-refractivity contribution in [2.75, 3.05) is 124 Å². The van der Waals surface area contributed by atoms with E-state index < -0.39 is 11.9 Å². The van der Waals surface area contributed by atoms with Gasteiger partial charge in [0.05, 0.1) is 21.5 Å². The highest BCUT2D eigenvalue weighted by molar-refractivity contribution is 6.30. The summed E-state index contributed by atoms with van der Waals surface area (Å²) in [6.07, 6.45) is 14.3. The van der Waals surface area contributed by atoms with Gasteiger partial charge in [-0.1, -0.05) is 163 Å². The summed E-state index contributed by atoms with van der Waals surface area (Å²) in [4.78, 5) is 125. The van der Waals surface area contributed by atoms with Crippen molar-refractivity contribution < 1.29 is 32.3 Å². The molecule has 26 nitrogen and oxygen atoms in total. The van der Waals surface area contributed by atoms with E-state index in [0.29, 0.717) is 94.5 Å². The third kappa shape index (κ3) is 21.7. The summed E-state index contributed by atoms with van der Waals surface area (Å²) >= 11 is 6.04. The number of hydrogen-bond donors (Lipinski definition) is 4. The molecule has 14 heterocycles. The van der Waals surface area contributed by atoms with Crippen molar-refractivity contribution in [3.8, 4) is 33.8 Å². The Balaban J connectivity index is 0.000000123. The van der Waals surface area contributed by atoms with Gasteiger partial charge in [-0.05, 0) is 159 Å². The zero-order chi connectivity index (χ0) is 91.5. The standard InChI is InChI=1S/C27H28ClN5O.C26H25F3N6O.C26H28N6O.C23H27N5O/c1-18-3-5-20(6-4-18)19(2)15-25(34)32-11-13-33(14-12-32)27-23-16-24(31-26(23)29-17-30-27)21-7-9-22(28)10-8-21;1-17-2-6-19(7-3-17)21-14-20-24(33-21)31-16-32-25(20)35-12-10-34(11-13-35)23(36)9-5-18-4-8-22(30-15-18)26(27,28)29;1-18-5-7-20(8-6-18)19(2)14-24(33)31-10-12-32(13-11-31)26-22-15-23(21-4-3-9-27-16-21)30-25(22)28-17-29-26;1-16-2-4-17(5-3-16)6-9-20(29)27-10-12-28(13-11-27)23-21-19(18-7-8-18)14-24-22(21)25-15-26-23/h3-10,16-17,19H,11-15H2,1-2H3,(H,29,30,31);2-4,6-8,14-16H,5,9-13H2,1H3,(H,31,32,33);3-9,15-17,19H,10-14H2,1-2H3,(H,28,29,30);2-5,14-15,18H,6-13H2,1H3,(H,24,25,26)/t19-;;19-;/m1.1./s1. The van der Waals surface area contributed by atoms with Crippen LogP contribution in [0.3, 0.4) is 0 Å². The fraction of sp³-hybridized carbons (Fsp3) is 0.333. The molecule has 132 heavy (non-hydrogen) atoms. The van der Waals surface area contributed by atoms with Crippen LogP contribution in [0.25, 0.3) is 77.9 Å². The minimum Gasteiger partial charge on any atom is -0.352 e. The van der Waals surface area contributed by atoms with Gasteiger partial charge in [0.15, 0.2) is 0 Å². The lowest BCUT2D eigenvalue weighted by Gasteiger charge is -2.36. The summed E-state index contributed by atoms with van der Waals surface area (Å²) in [6, 6.07) is 53.9. The van der Waals surface area contributed by atoms with E-state index in [4.69, 9.17) is 11.6 Å². The number of piperazine rings is 4. The Morgan fingerprint density at radius 3 is 1.18 bits per heavy atom. The van der Waals surface area contributed by atoms with E-state index in [-0.39, 0.29) is 41.9 Å². The van der Waals surface area contributed by atoms with Gasteiger partial charge >= 0.3 is 6.18 Å². The van der Waals surface area contributed by atoms with Crippen molar-refractivity contribution >= 4 is 103 Å². The number of aryl methyl sites for hydroxylation is 6. The number of fused-ring (bicyclic) bond motifs is 4. The Hall–Kier alpha value is -14.0. The predicted molar refractivity (Wildman–Crippen MR) is 512 cm³/mol. The third-order valence-corrected chi connectivity index (χ3v) is 25.9. The Kier molecular flexibility index (Phi) is 27.7. The summed E-state index contributed by atoms with van der Waals surface area (Å²) < 4.78 is 38.0. The normalized spacial score (nSPS) is 15.3. The van der Waals surface area contributed by atoms with E-state index in [2.05, 4.69) is 252 Å². The van der Waals surface area contributed by atoms with E-state index in [0.717, 1.165) is 161 Å². The van der Waals surface area contributed by atoms with Crippen LogP contribution in [0, 0.1) is 27.7 Å². The number of benzene rings is 5. The second-order valence-corrected chi connectivity index (χ2v) is 35.5. The Bertz CT molecular complexity index is 6480. The van der Waals surface area contributed by atoms with Crippen molar-refractivity contribution in [2.24, 2.45) is 0 Å². The highest BCUT2D eigenvalue weighted by Crippen LogP contribution is 2.45. The average molecular weight is 1800 g/mol. The number of rotatable bonds is 20. The third-order valence-electron chi connectivity index (χ3n) is 25.7. The molecule has 5 aromatic carbocycles. The Morgan fingerprint density at radius 2 is 0.780 bits per heavy atom. The molecule has 4 saturated heterocycles. The molecule has 4 aliphatic heterocycles. The van der Waals surface area contributed by atoms with Crippen LogP contribution in [0.5, 0.6) is 0 Å². The first-order valence-electron chi connectivity index (χ1n) is 45.4. The minimum absolute atomic E-state index is 0.0225. The van der Waals surface area contributed by atoms with Crippen molar-refractivity contribution in [3.63, 3.8) is 0 Å². The van der Waals surface area contributed by atoms with Gasteiger partial charge in [-0.2, -0.15) is 13.2 Å². The first kappa shape index (κ1) is 90.0. The molecular weight excluding hydrogens is 1690 g/mol. The lowest BCUT2D eigenvalue weighted by Crippen LogP contribution is -2.49. The molecule has 1 saturated carbocycles. The highest BCUT2D eigenvalue weighted by atomic mass is 35.5. The van der Waals surface area contributed by atoms with Gasteiger partial charge in [0.25, 0.3) is 0 Å². The summed E-state index contributed by atoms with van der Waals surface area (Å²) in [5.74, 6) is 5.39. The molecule has 1 aliphatic carbocycles. The zero-order valence-electron chi connectivity index (χ0n) is 75.1. The molecule has 0 spiro atoms. The number of H-pyrrole nitrogens is 4. The second-order valence-electron chi connectivity index (χ2n) is 35.0. The first-order valence-corrected chi connectivity index (χ1v) is 45.8. The molecule has 4 amide bonds. The number of hydrogen-bond acceptors (Lipinski definition) is 18. The molecule has 15 aromatic rings. The first-order chi connectivity index (χ1) is 64.0. The van der Waals surface area contributed by atoms with Crippen LogP contribution < -0.4 is 19.6 Å². The van der Waals surface area contributed by atoms with Crippen LogP contribution in [0.1, 0.15) is 126 Å². The number of pyridine rings is 2. The minimum atomic E-state index is -4.47. The lowest BCUT2D eigenvalue weighted by molar-refractivity contribution is -0.141. The lowest BCUT2D eigenvalue weighted by atomic mass is 9.96. The zero-order valence-corrected chi connectivity index (χ0v) is 75.9. The predicted octanol–water partition coefficient (Wildman–Crippen LogP) is 17.7. The van der Waals surface area contributed by atoms with Crippen LogP contribution in [-0.2, 0) is 38.2 Å². The molecule has 0 bridgehead atoms. The number of carbonyl (C=O) groups is 4. The number of anilines is 4. The Morgan fingerprint density at radius 1 is 0.409 bits per heavy atom. The largest absolute Gasteiger partial charge is 0.433 e. The average Bonchev–Trinajstić information content (AvgIpc) is 1.62. The van der Waals surface area contributed by atoms with Crippen molar-refractivity contribution in [1.29, 1.82) is 0 Å². The van der Waals surface area contributed by atoms with Gasteiger partial charge in [-0.3, -0.25) is 29.1 Å². The van der Waals surface area contributed by atoms with Gasteiger partial charge in [0.2, 0.25) is 23.6 Å². The Labute approximate surface area is 769 Å². The maximum Gasteiger partial charge on any atom is 0.433 e. The maximum absolute atomic E-state index is 13.0. The molecule has 0 radical (unpaired) electrons. The molecule has 30 heteroatoms. The monoisotopic (exact) mass is 1800 g/mol. The van der Waals surface area contributed by atoms with Gasteiger partial charge in [-0.15, -0.1) is 0 Å². The van der Waals surface area contributed by atoms with E-state index in [1.807, 2.05) is 57.3 Å². The van der Waals surface area contributed by atoms with E-state index in [1.165, 1.54) is 75.0 Å². The van der Waals surface area contributed by atoms with Crippen LogP contribution in [0.15, 0.2) is 214 Å². The maximum atomic E-state index is 13.0. The van der Waals surface area contributed by atoms with E-state index >= 15 is 0 Å². The van der Waals surface area contributed by atoms with Crippen molar-refractivity contribution in [2.45, 2.75) is 117 Å². The molecule has 5 fully saturated rings. The molecule has 2 atom stereocenters. The molecule has 4 N–H and O–H groups in total. The number of nitrogens with one attached hydrogen (secondary N) is 4. The molecule has 10 aromatic heterocycles. The fourth-order valence-electron chi connectivity index (χ4n) is 17.6. The number of aromatic amines is 4. The summed E-state index contributed by atoms with van der Waals surface area (Å²) in [6.45, 7) is 23.8. The quantitative estimate of drug-likeness (QED) is 0.0551. The smallest absolute Gasteiger partial charge is 0.352 e. The molecular formula is C102H108ClF3N22O4. The van der Waals surface area contributed by atoms with Crippen molar-refractivity contribution in [3.05, 3.63) is 275 Å². The summed E-state index contributed by atoms with van der Waals surface area (Å²) in [5, 5.41) is 4.79. The second kappa shape index (κ2) is 40.6. The summed E-state index contributed by atoms with van der Waals surface area (Å²) in [7, 11) is 0. The van der Waals surface area contributed by atoms with Crippen molar-refractivity contribution in [1.82, 2.24) is 89.4 Å². The number of nitrogens with zero attached hydrogens (tertiary/aromatic N) is 18. The topological polar surface area (TPSA) is 286 Å². The number of aromatic nitrogens is 14. The van der Waals surface area contributed by atoms with E-state index in [9.17, 15) is 32.3 Å². The molecule has 20 rings (SSSR count). The van der Waals surface area contributed by atoms with Crippen LogP contribution in [0.4, 0.5) is 36.4 Å². The SMILES string of the molecule is Cc1ccc(-c2cc3c(N4CCN(C(=O)CCc5ccc(C(F)(F)F)nc5)CC4)ncnc3[nH]2)cc1.Cc1ccc(CCC(=O)N2CCN(c3ncnc4[nH]cc(C5CC5)c34)CC2)cc1.Cc1ccc([C@H](C)CC(=O)N2CCN(c3ncnc4[nH]c(-c5ccc(Cl)cc5)cc34)CC2)cc1.Cc1ccc([C@H](C)CC(=O)N2CCN(c3ncnc4[nH]c(-c5cccnc5)cc34)CC2)cc1. The van der Waals surface area contributed by atoms with E-state index in [1.54, 1.807) is 36.4 Å². The number of amides is 4. The summed E-state index contributed by atoms with van der Waals surface area (Å²) in [5.41, 5.74) is 19.0. The highest BCUT2D eigenvalue weighted by Gasteiger charge is 2.35. The molecule has 678 valence electrons. The van der Waals surface area contributed by atoms with Gasteiger partial charge in [-0.25, -0.2) is 39.9 Å². The van der Waals surface area contributed by atoms with Crippen LogP contribution >= 0.6 is 11.6 Å². The van der Waals surface area contributed by atoms with Crippen LogP contribution in [-0.4, -0.2) is 218 Å². The van der Waals surface area contributed by atoms with Gasteiger partial charge < -0.3 is 59.1 Å². The number of alkyl halides is 3. The van der Waals surface area contributed by atoms with Crippen LogP contribution in [0.2, 0.25) is 5.02 Å². The number of carbonyl (C=O) groups excluding carboxylic acids is 4. The molecule has 5 aliphatic rings. The molecule has 0 unspecified atom stereocenters. The van der Waals surface area contributed by atoms with Gasteiger partial charge in [0, 0.05) is 183 Å². The van der Waals surface area contributed by atoms with Gasteiger partial charge in [0.1, 0.15) is 76.9 Å².